The Hall–Kier alpha value is -2.35. The van der Waals surface area contributed by atoms with Gasteiger partial charge in [0.25, 0.3) is 0 Å². The fourth-order valence-corrected chi connectivity index (χ4v) is 2.06. The van der Waals surface area contributed by atoms with Gasteiger partial charge in [0.15, 0.2) is 12.0 Å². The first-order chi connectivity index (χ1) is 11.4. The average Bonchev–Trinajstić information content (AvgIpc) is 2.57. The summed E-state index contributed by atoms with van der Waals surface area (Å²) in [6, 6.07) is 13.0. The van der Waals surface area contributed by atoms with Gasteiger partial charge >= 0.3 is 11.5 Å². The molecule has 128 valence electrons. The normalized spacial score (nSPS) is 11.0. The molecule has 0 amide bonds. The predicted molar refractivity (Wildman–Crippen MR) is 82.8 cm³/mol. The van der Waals surface area contributed by atoms with Crippen molar-refractivity contribution in [3.05, 3.63) is 59.7 Å². The standard InChI is InChI=1S/C16H13F3O4S/c1-21-15(20)12-7-13(22-10-11-5-3-2-4-6-11)9-14(8-12)23-24-16(17,18)19/h2-9H,10H2,1H3. The third-order valence-electron chi connectivity index (χ3n) is 2.78. The van der Waals surface area contributed by atoms with Crippen LogP contribution in [0.3, 0.4) is 0 Å². The minimum Gasteiger partial charge on any atom is -0.489 e. The van der Waals surface area contributed by atoms with Crippen LogP contribution in [0.15, 0.2) is 48.5 Å². The Labute approximate surface area is 140 Å². The molecule has 0 saturated carbocycles. The van der Waals surface area contributed by atoms with Crippen molar-refractivity contribution in [1.82, 2.24) is 0 Å². The van der Waals surface area contributed by atoms with Crippen LogP contribution in [0, 0.1) is 0 Å². The van der Waals surface area contributed by atoms with Crippen LogP contribution in [0.1, 0.15) is 15.9 Å². The van der Waals surface area contributed by atoms with E-state index in [1.165, 1.54) is 19.2 Å². The van der Waals surface area contributed by atoms with Crippen LogP contribution in [0.25, 0.3) is 0 Å². The van der Waals surface area contributed by atoms with Gasteiger partial charge in [-0.15, -0.1) is 0 Å². The van der Waals surface area contributed by atoms with Crippen LogP contribution < -0.4 is 8.92 Å². The summed E-state index contributed by atoms with van der Waals surface area (Å²) >= 11 is -0.670. The zero-order valence-corrected chi connectivity index (χ0v) is 13.3. The van der Waals surface area contributed by atoms with E-state index >= 15 is 0 Å². The summed E-state index contributed by atoms with van der Waals surface area (Å²) in [5.74, 6) is -0.676. The van der Waals surface area contributed by atoms with Crippen LogP contribution in [0.4, 0.5) is 13.2 Å². The highest BCUT2D eigenvalue weighted by Gasteiger charge is 2.31. The minimum absolute atomic E-state index is 0.0286. The van der Waals surface area contributed by atoms with Gasteiger partial charge in [-0.25, -0.2) is 4.79 Å². The molecule has 0 heterocycles. The molecular formula is C16H13F3O4S. The number of carbonyl (C=O) groups excluding carboxylic acids is 1. The summed E-state index contributed by atoms with van der Waals surface area (Å²) in [4.78, 5) is 11.6. The first kappa shape index (κ1) is 18.0. The van der Waals surface area contributed by atoms with E-state index in [4.69, 9.17) is 4.74 Å². The first-order valence-corrected chi connectivity index (χ1v) is 7.44. The molecule has 0 unspecified atom stereocenters. The summed E-state index contributed by atoms with van der Waals surface area (Å²) in [5.41, 5.74) is -3.67. The highest BCUT2D eigenvalue weighted by Crippen LogP contribution is 2.34. The number of alkyl halides is 3. The number of benzene rings is 2. The Bertz CT molecular complexity index is 689. The van der Waals surface area contributed by atoms with E-state index in [9.17, 15) is 18.0 Å². The Morgan fingerprint density at radius 2 is 1.75 bits per heavy atom. The SMILES string of the molecule is COC(=O)c1cc(OCc2ccccc2)cc(OSC(F)(F)F)c1. The topological polar surface area (TPSA) is 44.8 Å². The summed E-state index contributed by atoms with van der Waals surface area (Å²) in [6.07, 6.45) is 0. The summed E-state index contributed by atoms with van der Waals surface area (Å²) < 4.78 is 51.5. The molecule has 0 bridgehead atoms. The van der Waals surface area contributed by atoms with Gasteiger partial charge in [0.1, 0.15) is 18.1 Å². The van der Waals surface area contributed by atoms with Crippen molar-refractivity contribution in [2.75, 3.05) is 7.11 Å². The first-order valence-electron chi connectivity index (χ1n) is 6.70. The van der Waals surface area contributed by atoms with Crippen molar-refractivity contribution in [2.24, 2.45) is 0 Å². The molecule has 0 aliphatic heterocycles. The number of halogens is 3. The second kappa shape index (κ2) is 7.96. The van der Waals surface area contributed by atoms with Gasteiger partial charge in [-0.3, -0.25) is 0 Å². The maximum atomic E-state index is 12.3. The molecule has 0 aliphatic carbocycles. The van der Waals surface area contributed by atoms with Crippen molar-refractivity contribution >= 4 is 18.0 Å². The number of carbonyl (C=O) groups is 1. The summed E-state index contributed by atoms with van der Waals surface area (Å²) in [6.45, 7) is 0.192. The van der Waals surface area contributed by atoms with Crippen molar-refractivity contribution in [3.63, 3.8) is 0 Å². The highest BCUT2D eigenvalue weighted by atomic mass is 32.2. The minimum atomic E-state index is -4.56. The Balaban J connectivity index is 2.17. The summed E-state index contributed by atoms with van der Waals surface area (Å²) in [7, 11) is 1.17. The van der Waals surface area contributed by atoms with Crippen LogP contribution in [0.5, 0.6) is 11.5 Å². The van der Waals surface area contributed by atoms with E-state index in [1.807, 2.05) is 30.3 Å². The predicted octanol–water partition coefficient (Wildman–Crippen LogP) is 4.60. The van der Waals surface area contributed by atoms with Crippen LogP contribution >= 0.6 is 12.0 Å². The second-order valence-electron chi connectivity index (χ2n) is 4.57. The molecule has 2 rings (SSSR count). The molecule has 0 aromatic heterocycles. The largest absolute Gasteiger partial charge is 0.489 e. The van der Waals surface area contributed by atoms with E-state index in [1.54, 1.807) is 0 Å². The molecule has 24 heavy (non-hydrogen) atoms. The van der Waals surface area contributed by atoms with Gasteiger partial charge < -0.3 is 13.7 Å². The lowest BCUT2D eigenvalue weighted by atomic mass is 10.2. The fraction of sp³-hybridized carbons (Fsp3) is 0.188. The molecular weight excluding hydrogens is 345 g/mol. The smallest absolute Gasteiger partial charge is 0.479 e. The second-order valence-corrected chi connectivity index (χ2v) is 5.37. The third kappa shape index (κ3) is 5.69. The van der Waals surface area contributed by atoms with E-state index in [0.717, 1.165) is 11.6 Å². The highest BCUT2D eigenvalue weighted by molar-refractivity contribution is 7.95. The Kier molecular flexibility index (Phi) is 5.97. The lowest BCUT2D eigenvalue weighted by Gasteiger charge is -2.11. The number of hydrogen-bond acceptors (Lipinski definition) is 5. The molecule has 0 N–H and O–H groups in total. The van der Waals surface area contributed by atoms with E-state index in [0.29, 0.717) is 0 Å². The van der Waals surface area contributed by atoms with Gasteiger partial charge in [0.2, 0.25) is 0 Å². The maximum Gasteiger partial charge on any atom is 0.479 e. The molecule has 0 saturated heterocycles. The average molecular weight is 358 g/mol. The molecule has 4 nitrogen and oxygen atoms in total. The Morgan fingerprint density at radius 1 is 1.08 bits per heavy atom. The molecule has 2 aromatic carbocycles. The molecule has 0 spiro atoms. The zero-order valence-electron chi connectivity index (χ0n) is 12.5. The number of methoxy groups -OCH3 is 1. The zero-order chi connectivity index (χ0) is 17.6. The van der Waals surface area contributed by atoms with E-state index < -0.39 is 23.5 Å². The van der Waals surface area contributed by atoms with Gasteiger partial charge in [0.05, 0.1) is 12.7 Å². The van der Waals surface area contributed by atoms with Crippen molar-refractivity contribution in [1.29, 1.82) is 0 Å². The van der Waals surface area contributed by atoms with Crippen molar-refractivity contribution in [3.8, 4) is 11.5 Å². The molecule has 0 radical (unpaired) electrons. The lowest BCUT2D eigenvalue weighted by Crippen LogP contribution is -2.05. The van der Waals surface area contributed by atoms with Gasteiger partial charge in [-0.05, 0) is 17.7 Å². The summed E-state index contributed by atoms with van der Waals surface area (Å²) in [5, 5.41) is 0. The number of rotatable bonds is 6. The van der Waals surface area contributed by atoms with Crippen LogP contribution in [0.2, 0.25) is 0 Å². The fourth-order valence-electron chi connectivity index (χ4n) is 1.78. The van der Waals surface area contributed by atoms with E-state index in [-0.39, 0.29) is 23.7 Å². The third-order valence-corrected chi connectivity index (χ3v) is 3.25. The van der Waals surface area contributed by atoms with E-state index in [2.05, 4.69) is 8.92 Å². The van der Waals surface area contributed by atoms with Gasteiger partial charge in [0, 0.05) is 6.07 Å². The molecule has 0 atom stereocenters. The van der Waals surface area contributed by atoms with Gasteiger partial charge in [-0.1, -0.05) is 30.3 Å². The van der Waals surface area contributed by atoms with Crippen molar-refractivity contribution in [2.45, 2.75) is 12.1 Å². The lowest BCUT2D eigenvalue weighted by molar-refractivity contribution is -0.0369. The Morgan fingerprint density at radius 3 is 2.38 bits per heavy atom. The molecule has 0 aliphatic rings. The maximum absolute atomic E-state index is 12.3. The van der Waals surface area contributed by atoms with Crippen molar-refractivity contribution < 1.29 is 31.6 Å². The molecule has 2 aromatic rings. The quantitative estimate of drug-likeness (QED) is 0.558. The number of ether oxygens (including phenoxy) is 2. The molecule has 0 fully saturated rings. The molecule has 8 heteroatoms. The number of esters is 1. The monoisotopic (exact) mass is 358 g/mol. The van der Waals surface area contributed by atoms with Gasteiger partial charge in [-0.2, -0.15) is 13.2 Å². The van der Waals surface area contributed by atoms with Crippen LogP contribution in [-0.2, 0) is 11.3 Å². The van der Waals surface area contributed by atoms with Crippen LogP contribution in [-0.4, -0.2) is 18.6 Å². The number of hydrogen-bond donors (Lipinski definition) is 0.